The predicted octanol–water partition coefficient (Wildman–Crippen LogP) is 2.33. The molecule has 1 rings (SSSR count). The zero-order valence-corrected chi connectivity index (χ0v) is 9.92. The monoisotopic (exact) mass is 197 g/mol. The van der Waals surface area contributed by atoms with E-state index in [-0.39, 0.29) is 0 Å². The van der Waals surface area contributed by atoms with Gasteiger partial charge in [-0.05, 0) is 39.7 Å². The van der Waals surface area contributed by atoms with Crippen LogP contribution in [0.25, 0.3) is 0 Å². The molecule has 1 aliphatic carbocycles. The summed E-state index contributed by atoms with van der Waals surface area (Å²) in [7, 11) is 2.11. The first-order valence-electron chi connectivity index (χ1n) is 5.73. The van der Waals surface area contributed by atoms with Crippen molar-refractivity contribution in [3.8, 4) is 0 Å². The average Bonchev–Trinajstić information content (AvgIpc) is 2.11. The third-order valence-electron chi connectivity index (χ3n) is 3.42. The summed E-state index contributed by atoms with van der Waals surface area (Å²) in [5.74, 6) is 1.51. The van der Waals surface area contributed by atoms with Crippen molar-refractivity contribution in [1.82, 2.24) is 4.90 Å². The summed E-state index contributed by atoms with van der Waals surface area (Å²) in [5, 5.41) is 0. The normalized spacial score (nSPS) is 28.9. The SMILES string of the molecule is CC1CCC(=O)C(CN(C)C(C)C)C1. The second-order valence-corrected chi connectivity index (χ2v) is 5.08. The molecule has 0 aromatic rings. The Morgan fingerprint density at radius 3 is 2.71 bits per heavy atom. The Morgan fingerprint density at radius 1 is 1.50 bits per heavy atom. The molecule has 0 N–H and O–H groups in total. The van der Waals surface area contributed by atoms with Gasteiger partial charge in [0.05, 0.1) is 0 Å². The molecule has 1 fully saturated rings. The van der Waals surface area contributed by atoms with Gasteiger partial charge in [-0.25, -0.2) is 0 Å². The molecule has 2 unspecified atom stereocenters. The van der Waals surface area contributed by atoms with E-state index in [2.05, 4.69) is 32.7 Å². The Bertz CT molecular complexity index is 200. The standard InChI is InChI=1S/C12H23NO/c1-9(2)13(4)8-11-7-10(3)5-6-12(11)14/h9-11H,5-8H2,1-4H3. The number of rotatable bonds is 3. The predicted molar refractivity (Wildman–Crippen MR) is 59.3 cm³/mol. The molecule has 0 aromatic heterocycles. The number of hydrogen-bond acceptors (Lipinski definition) is 2. The molecule has 0 aromatic carbocycles. The fourth-order valence-corrected chi connectivity index (χ4v) is 2.06. The minimum absolute atomic E-state index is 0.297. The van der Waals surface area contributed by atoms with Gasteiger partial charge in [0.15, 0.2) is 0 Å². The molecule has 0 aliphatic heterocycles. The molecule has 82 valence electrons. The topological polar surface area (TPSA) is 20.3 Å². The Morgan fingerprint density at radius 2 is 2.14 bits per heavy atom. The number of Topliss-reactive ketones (excluding diaryl/α,β-unsaturated/α-hetero) is 1. The van der Waals surface area contributed by atoms with E-state index in [0.717, 1.165) is 31.7 Å². The summed E-state index contributed by atoms with van der Waals surface area (Å²) < 4.78 is 0. The summed E-state index contributed by atoms with van der Waals surface area (Å²) >= 11 is 0. The van der Waals surface area contributed by atoms with Crippen LogP contribution < -0.4 is 0 Å². The first-order chi connectivity index (χ1) is 6.50. The maximum absolute atomic E-state index is 11.7. The lowest BCUT2D eigenvalue weighted by Crippen LogP contribution is -2.37. The van der Waals surface area contributed by atoms with Crippen LogP contribution in [0.5, 0.6) is 0 Å². The second kappa shape index (κ2) is 4.92. The van der Waals surface area contributed by atoms with E-state index in [4.69, 9.17) is 0 Å². The molecule has 0 spiro atoms. The molecule has 0 radical (unpaired) electrons. The minimum atomic E-state index is 0.297. The minimum Gasteiger partial charge on any atom is -0.303 e. The molecule has 2 heteroatoms. The van der Waals surface area contributed by atoms with Gasteiger partial charge in [-0.3, -0.25) is 4.79 Å². The van der Waals surface area contributed by atoms with Gasteiger partial charge in [-0.15, -0.1) is 0 Å². The van der Waals surface area contributed by atoms with Crippen molar-refractivity contribution in [2.75, 3.05) is 13.6 Å². The van der Waals surface area contributed by atoms with E-state index >= 15 is 0 Å². The molecule has 1 aliphatic rings. The lowest BCUT2D eigenvalue weighted by atomic mass is 9.81. The molecule has 0 amide bonds. The van der Waals surface area contributed by atoms with Gasteiger partial charge in [0.1, 0.15) is 5.78 Å². The van der Waals surface area contributed by atoms with Gasteiger partial charge < -0.3 is 4.90 Å². The molecular weight excluding hydrogens is 174 g/mol. The van der Waals surface area contributed by atoms with Gasteiger partial charge in [-0.1, -0.05) is 6.92 Å². The summed E-state index contributed by atoms with van der Waals surface area (Å²) in [6.07, 6.45) is 2.99. The van der Waals surface area contributed by atoms with Crippen LogP contribution in [0.15, 0.2) is 0 Å². The Balaban J connectivity index is 2.45. The molecule has 0 heterocycles. The Kier molecular flexibility index (Phi) is 4.11. The number of nitrogens with zero attached hydrogens (tertiary/aromatic N) is 1. The average molecular weight is 197 g/mol. The first kappa shape index (κ1) is 11.7. The van der Waals surface area contributed by atoms with Crippen LogP contribution in [-0.2, 0) is 4.79 Å². The maximum Gasteiger partial charge on any atom is 0.137 e. The third kappa shape index (κ3) is 3.09. The van der Waals surface area contributed by atoms with Crippen LogP contribution in [0.1, 0.15) is 40.0 Å². The van der Waals surface area contributed by atoms with E-state index in [1.54, 1.807) is 0 Å². The molecule has 0 saturated heterocycles. The van der Waals surface area contributed by atoms with Crippen molar-refractivity contribution in [2.45, 2.75) is 46.1 Å². The highest BCUT2D eigenvalue weighted by molar-refractivity contribution is 5.81. The van der Waals surface area contributed by atoms with E-state index in [1.165, 1.54) is 0 Å². The summed E-state index contributed by atoms with van der Waals surface area (Å²) in [4.78, 5) is 13.9. The molecular formula is C12H23NO. The lowest BCUT2D eigenvalue weighted by Gasteiger charge is -2.30. The van der Waals surface area contributed by atoms with Gasteiger partial charge in [0, 0.05) is 24.9 Å². The quantitative estimate of drug-likeness (QED) is 0.692. The van der Waals surface area contributed by atoms with Gasteiger partial charge >= 0.3 is 0 Å². The number of carbonyl (C=O) groups excluding carboxylic acids is 1. The fraction of sp³-hybridized carbons (Fsp3) is 0.917. The number of hydrogen-bond donors (Lipinski definition) is 0. The molecule has 2 nitrogen and oxygen atoms in total. The summed E-state index contributed by atoms with van der Waals surface area (Å²) in [6, 6.07) is 0.542. The van der Waals surface area contributed by atoms with Gasteiger partial charge in [0.2, 0.25) is 0 Å². The Labute approximate surface area is 87.7 Å². The van der Waals surface area contributed by atoms with Crippen molar-refractivity contribution in [1.29, 1.82) is 0 Å². The summed E-state index contributed by atoms with van der Waals surface area (Å²) in [6.45, 7) is 7.56. The van der Waals surface area contributed by atoms with Crippen molar-refractivity contribution >= 4 is 5.78 Å². The highest BCUT2D eigenvalue weighted by atomic mass is 16.1. The van der Waals surface area contributed by atoms with Gasteiger partial charge in [-0.2, -0.15) is 0 Å². The lowest BCUT2D eigenvalue weighted by molar-refractivity contribution is -0.126. The van der Waals surface area contributed by atoms with Crippen molar-refractivity contribution in [2.24, 2.45) is 11.8 Å². The van der Waals surface area contributed by atoms with Crippen LogP contribution in [0, 0.1) is 11.8 Å². The van der Waals surface area contributed by atoms with E-state index in [9.17, 15) is 4.79 Å². The number of ketones is 1. The molecule has 0 bridgehead atoms. The Hall–Kier alpha value is -0.370. The fourth-order valence-electron chi connectivity index (χ4n) is 2.06. The first-order valence-corrected chi connectivity index (χ1v) is 5.73. The highest BCUT2D eigenvalue weighted by Gasteiger charge is 2.27. The smallest absolute Gasteiger partial charge is 0.137 e. The van der Waals surface area contributed by atoms with Crippen LogP contribution in [0.3, 0.4) is 0 Å². The molecule has 2 atom stereocenters. The molecule has 14 heavy (non-hydrogen) atoms. The zero-order valence-electron chi connectivity index (χ0n) is 9.92. The third-order valence-corrected chi connectivity index (χ3v) is 3.42. The van der Waals surface area contributed by atoms with E-state index < -0.39 is 0 Å². The van der Waals surface area contributed by atoms with Gasteiger partial charge in [0.25, 0.3) is 0 Å². The van der Waals surface area contributed by atoms with Crippen LogP contribution in [-0.4, -0.2) is 30.3 Å². The van der Waals surface area contributed by atoms with Crippen LogP contribution in [0.4, 0.5) is 0 Å². The van der Waals surface area contributed by atoms with E-state index in [0.29, 0.717) is 17.7 Å². The molecule has 1 saturated carbocycles. The largest absolute Gasteiger partial charge is 0.303 e. The van der Waals surface area contributed by atoms with Crippen molar-refractivity contribution in [3.05, 3.63) is 0 Å². The van der Waals surface area contributed by atoms with Crippen molar-refractivity contribution in [3.63, 3.8) is 0 Å². The highest BCUT2D eigenvalue weighted by Crippen LogP contribution is 2.26. The summed E-state index contributed by atoms with van der Waals surface area (Å²) in [5.41, 5.74) is 0. The second-order valence-electron chi connectivity index (χ2n) is 5.08. The van der Waals surface area contributed by atoms with Crippen LogP contribution >= 0.6 is 0 Å². The van der Waals surface area contributed by atoms with E-state index in [1.807, 2.05) is 0 Å². The van der Waals surface area contributed by atoms with Crippen molar-refractivity contribution < 1.29 is 4.79 Å². The zero-order chi connectivity index (χ0) is 10.7. The van der Waals surface area contributed by atoms with Crippen LogP contribution in [0.2, 0.25) is 0 Å². The number of carbonyl (C=O) groups is 1. The maximum atomic E-state index is 11.7.